The van der Waals surface area contributed by atoms with Gasteiger partial charge >= 0.3 is 0 Å². The van der Waals surface area contributed by atoms with Crippen LogP contribution >= 0.6 is 11.8 Å². The number of fused-ring (bicyclic) bond motifs is 1. The molecule has 176 valence electrons. The number of anilines is 2. The fourth-order valence-electron chi connectivity index (χ4n) is 4.02. The lowest BCUT2D eigenvalue weighted by Crippen LogP contribution is -2.31. The second-order valence-corrected chi connectivity index (χ2v) is 9.28. The Hall–Kier alpha value is -3.91. The van der Waals surface area contributed by atoms with Gasteiger partial charge in [-0.15, -0.1) is 5.10 Å². The smallest absolute Gasteiger partial charge is 0.255 e. The first-order valence-corrected chi connectivity index (χ1v) is 12.2. The van der Waals surface area contributed by atoms with Gasteiger partial charge in [-0.2, -0.15) is 4.98 Å². The SMILES string of the molecule is CC1=C(C(=O)Nc2ccccc2)C(c2ccc(C)cc2)n2nc(SCc3ccccc3F)nc2N1. The average molecular weight is 486 g/mol. The predicted molar refractivity (Wildman–Crippen MR) is 137 cm³/mol. The van der Waals surface area contributed by atoms with Crippen LogP contribution in [-0.4, -0.2) is 20.7 Å². The Morgan fingerprint density at radius 1 is 1.03 bits per heavy atom. The molecule has 4 aromatic rings. The van der Waals surface area contributed by atoms with Gasteiger partial charge in [0.2, 0.25) is 11.1 Å². The number of thioether (sulfide) groups is 1. The summed E-state index contributed by atoms with van der Waals surface area (Å²) in [6.07, 6.45) is 0. The highest BCUT2D eigenvalue weighted by atomic mass is 32.2. The molecule has 2 heterocycles. The summed E-state index contributed by atoms with van der Waals surface area (Å²) in [6, 6.07) is 23.6. The van der Waals surface area contributed by atoms with Gasteiger partial charge < -0.3 is 10.6 Å². The van der Waals surface area contributed by atoms with E-state index in [-0.39, 0.29) is 11.7 Å². The zero-order valence-corrected chi connectivity index (χ0v) is 20.1. The van der Waals surface area contributed by atoms with Gasteiger partial charge in [0.05, 0.1) is 5.57 Å². The van der Waals surface area contributed by atoms with E-state index in [4.69, 9.17) is 5.10 Å². The number of para-hydroxylation sites is 1. The van der Waals surface area contributed by atoms with E-state index in [1.807, 2.05) is 74.5 Å². The summed E-state index contributed by atoms with van der Waals surface area (Å²) in [5.74, 6) is 0.477. The maximum atomic E-state index is 14.1. The molecule has 0 bridgehead atoms. The molecule has 0 spiro atoms. The average Bonchev–Trinajstić information content (AvgIpc) is 3.26. The van der Waals surface area contributed by atoms with Crippen LogP contribution in [0.4, 0.5) is 16.0 Å². The molecule has 1 aromatic heterocycles. The van der Waals surface area contributed by atoms with E-state index in [0.29, 0.717) is 39.4 Å². The minimum Gasteiger partial charge on any atom is -0.328 e. The molecule has 1 aliphatic heterocycles. The van der Waals surface area contributed by atoms with Crippen molar-refractivity contribution in [2.24, 2.45) is 0 Å². The Morgan fingerprint density at radius 3 is 2.49 bits per heavy atom. The van der Waals surface area contributed by atoms with Crippen molar-refractivity contribution in [1.82, 2.24) is 14.8 Å². The molecule has 0 radical (unpaired) electrons. The number of rotatable bonds is 6. The Morgan fingerprint density at radius 2 is 1.74 bits per heavy atom. The molecule has 5 rings (SSSR count). The molecule has 0 saturated carbocycles. The number of carbonyl (C=O) groups excluding carboxylic acids is 1. The number of halogens is 1. The van der Waals surface area contributed by atoms with Gasteiger partial charge in [-0.3, -0.25) is 4.79 Å². The number of allylic oxidation sites excluding steroid dienone is 1. The minimum absolute atomic E-state index is 0.214. The second kappa shape index (κ2) is 9.76. The molecular formula is C27H24FN5OS. The molecule has 3 aromatic carbocycles. The van der Waals surface area contributed by atoms with Crippen LogP contribution in [0.25, 0.3) is 0 Å². The number of hydrogen-bond donors (Lipinski definition) is 2. The van der Waals surface area contributed by atoms with Crippen molar-refractivity contribution in [3.63, 3.8) is 0 Å². The summed E-state index contributed by atoms with van der Waals surface area (Å²) < 4.78 is 15.8. The molecule has 6 nitrogen and oxygen atoms in total. The first kappa shape index (κ1) is 22.9. The molecule has 1 amide bonds. The van der Waals surface area contributed by atoms with Crippen LogP contribution in [0.1, 0.15) is 29.7 Å². The van der Waals surface area contributed by atoms with Crippen LogP contribution in [0.5, 0.6) is 0 Å². The third-order valence-corrected chi connectivity index (χ3v) is 6.70. The Bertz CT molecular complexity index is 1400. The number of aryl methyl sites for hydroxylation is 1. The fraction of sp³-hybridized carbons (Fsp3) is 0.148. The van der Waals surface area contributed by atoms with Gasteiger partial charge in [-0.25, -0.2) is 9.07 Å². The fourth-order valence-corrected chi connectivity index (χ4v) is 4.84. The number of nitrogens with zero attached hydrogens (tertiary/aromatic N) is 3. The maximum absolute atomic E-state index is 14.1. The number of hydrogen-bond acceptors (Lipinski definition) is 5. The topological polar surface area (TPSA) is 71.8 Å². The van der Waals surface area contributed by atoms with Crippen molar-refractivity contribution in [3.05, 3.63) is 113 Å². The molecule has 0 fully saturated rings. The second-order valence-electron chi connectivity index (χ2n) is 8.34. The standard InChI is InChI=1S/C27H24FN5OS/c1-17-12-14-19(15-13-17)24-23(25(34)30-21-9-4-3-5-10-21)18(2)29-26-31-27(32-33(24)26)35-16-20-8-6-7-11-22(20)28/h3-15,24H,16H2,1-2H3,(H,30,34)(H,29,31,32). The molecule has 0 aliphatic carbocycles. The van der Waals surface area contributed by atoms with Crippen molar-refractivity contribution >= 4 is 29.3 Å². The van der Waals surface area contributed by atoms with Crippen LogP contribution in [0.2, 0.25) is 0 Å². The van der Waals surface area contributed by atoms with Gasteiger partial charge in [0.15, 0.2) is 0 Å². The molecule has 2 N–H and O–H groups in total. The van der Waals surface area contributed by atoms with E-state index >= 15 is 0 Å². The maximum Gasteiger partial charge on any atom is 0.255 e. The largest absolute Gasteiger partial charge is 0.328 e. The molecule has 1 aliphatic rings. The minimum atomic E-state index is -0.467. The number of amides is 1. The lowest BCUT2D eigenvalue weighted by molar-refractivity contribution is -0.113. The van der Waals surface area contributed by atoms with Crippen molar-refractivity contribution in [3.8, 4) is 0 Å². The van der Waals surface area contributed by atoms with Crippen molar-refractivity contribution in [2.45, 2.75) is 30.8 Å². The Labute approximate surface area is 207 Å². The summed E-state index contributed by atoms with van der Waals surface area (Å²) >= 11 is 1.35. The first-order valence-electron chi connectivity index (χ1n) is 11.2. The van der Waals surface area contributed by atoms with E-state index in [1.165, 1.54) is 17.8 Å². The summed E-state index contributed by atoms with van der Waals surface area (Å²) in [5.41, 5.74) is 4.61. The predicted octanol–water partition coefficient (Wildman–Crippen LogP) is 5.95. The molecule has 8 heteroatoms. The highest BCUT2D eigenvalue weighted by Crippen LogP contribution is 2.37. The molecule has 1 unspecified atom stereocenters. The summed E-state index contributed by atoms with van der Waals surface area (Å²) in [5, 5.41) is 11.5. The molecule has 35 heavy (non-hydrogen) atoms. The highest BCUT2D eigenvalue weighted by Gasteiger charge is 2.34. The van der Waals surface area contributed by atoms with Crippen LogP contribution in [0, 0.1) is 12.7 Å². The number of benzene rings is 3. The number of nitrogens with one attached hydrogen (secondary N) is 2. The van der Waals surface area contributed by atoms with E-state index in [0.717, 1.165) is 11.1 Å². The lowest BCUT2D eigenvalue weighted by Gasteiger charge is -2.28. The van der Waals surface area contributed by atoms with Crippen molar-refractivity contribution in [1.29, 1.82) is 0 Å². The molecule has 0 saturated heterocycles. The number of aromatic nitrogens is 3. The van der Waals surface area contributed by atoms with E-state index in [2.05, 4.69) is 15.6 Å². The van der Waals surface area contributed by atoms with E-state index < -0.39 is 6.04 Å². The zero-order valence-electron chi connectivity index (χ0n) is 19.3. The Kier molecular flexibility index (Phi) is 6.37. The van der Waals surface area contributed by atoms with Gasteiger partial charge in [-0.05, 0) is 43.2 Å². The summed E-state index contributed by atoms with van der Waals surface area (Å²) in [4.78, 5) is 18.1. The van der Waals surface area contributed by atoms with Gasteiger partial charge in [0.1, 0.15) is 11.9 Å². The number of carbonyl (C=O) groups is 1. The van der Waals surface area contributed by atoms with E-state index in [1.54, 1.807) is 16.8 Å². The normalized spacial score (nSPS) is 14.9. The first-order chi connectivity index (χ1) is 17.0. The van der Waals surface area contributed by atoms with Crippen LogP contribution in [0.15, 0.2) is 95.3 Å². The highest BCUT2D eigenvalue weighted by molar-refractivity contribution is 7.98. The van der Waals surface area contributed by atoms with Crippen LogP contribution < -0.4 is 10.6 Å². The third kappa shape index (κ3) is 4.83. The summed E-state index contributed by atoms with van der Waals surface area (Å²) in [7, 11) is 0. The van der Waals surface area contributed by atoms with Crippen LogP contribution in [-0.2, 0) is 10.5 Å². The van der Waals surface area contributed by atoms with Crippen LogP contribution in [0.3, 0.4) is 0 Å². The summed E-state index contributed by atoms with van der Waals surface area (Å²) in [6.45, 7) is 3.89. The third-order valence-electron chi connectivity index (χ3n) is 5.82. The quantitative estimate of drug-likeness (QED) is 0.331. The van der Waals surface area contributed by atoms with Gasteiger partial charge in [0.25, 0.3) is 5.91 Å². The monoisotopic (exact) mass is 485 g/mol. The Balaban J connectivity index is 1.49. The van der Waals surface area contributed by atoms with Gasteiger partial charge in [-0.1, -0.05) is 78.0 Å². The molecule has 1 atom stereocenters. The van der Waals surface area contributed by atoms with Crippen molar-refractivity contribution in [2.75, 3.05) is 10.6 Å². The lowest BCUT2D eigenvalue weighted by atomic mass is 9.94. The van der Waals surface area contributed by atoms with Crippen molar-refractivity contribution < 1.29 is 9.18 Å². The zero-order chi connectivity index (χ0) is 24.4. The molecular weight excluding hydrogens is 461 g/mol. The van der Waals surface area contributed by atoms with Gasteiger partial charge in [0, 0.05) is 17.1 Å². The van der Waals surface area contributed by atoms with E-state index in [9.17, 15) is 9.18 Å².